The number of hydrogen-bond donors (Lipinski definition) is 1. The smallest absolute Gasteiger partial charge is 0.185 e. The van der Waals surface area contributed by atoms with Gasteiger partial charge >= 0.3 is 0 Å². The van der Waals surface area contributed by atoms with Crippen molar-refractivity contribution in [1.82, 2.24) is 0 Å². The predicted molar refractivity (Wildman–Crippen MR) is 117 cm³/mol. The largest absolute Gasteiger partial charge is 0.493 e. The van der Waals surface area contributed by atoms with Crippen molar-refractivity contribution in [2.45, 2.75) is 19.4 Å². The van der Waals surface area contributed by atoms with E-state index in [1.54, 1.807) is 38.1 Å². The minimum Gasteiger partial charge on any atom is -0.493 e. The topological polar surface area (TPSA) is 59.9 Å². The number of rotatable bonds is 7. The first-order valence-electron chi connectivity index (χ1n) is 9.15. The van der Waals surface area contributed by atoms with Gasteiger partial charge in [-0.25, -0.2) is 0 Å². The highest BCUT2D eigenvalue weighted by Gasteiger charge is 2.16. The number of hydrogen-bond acceptors (Lipinski definition) is 6. The molecule has 1 atom stereocenters. The Hall–Kier alpha value is -2.73. The van der Waals surface area contributed by atoms with E-state index in [1.807, 2.05) is 42.5 Å². The molecule has 0 bridgehead atoms. The molecule has 0 saturated heterocycles. The monoisotopic (exact) mass is 396 g/mol. The maximum absolute atomic E-state index is 12.4. The number of carbonyl (C=O) groups excluding carboxylic acids is 1. The zero-order chi connectivity index (χ0) is 19.9. The summed E-state index contributed by atoms with van der Waals surface area (Å²) in [6, 6.07) is 13.4. The van der Waals surface area contributed by atoms with Crippen LogP contribution >= 0.6 is 11.8 Å². The fraction of sp³-hybridized carbons (Fsp3) is 0.273. The number of benzene rings is 2. The minimum atomic E-state index is -0.0556. The van der Waals surface area contributed by atoms with Gasteiger partial charge in [0.25, 0.3) is 0 Å². The van der Waals surface area contributed by atoms with Gasteiger partial charge in [-0.2, -0.15) is 0 Å². The second kappa shape index (κ2) is 9.46. The summed E-state index contributed by atoms with van der Waals surface area (Å²) >= 11 is 1.73. The number of methoxy groups -OCH3 is 2. The molecule has 1 N–H and O–H groups in total. The Morgan fingerprint density at radius 2 is 1.93 bits per heavy atom. The lowest BCUT2D eigenvalue weighted by molar-refractivity contribution is 0.104. The normalized spacial score (nSPS) is 16.1. The van der Waals surface area contributed by atoms with Gasteiger partial charge in [-0.3, -0.25) is 9.79 Å². The maximum Gasteiger partial charge on any atom is 0.185 e. The fourth-order valence-electron chi connectivity index (χ4n) is 2.76. The third-order valence-electron chi connectivity index (χ3n) is 4.44. The van der Waals surface area contributed by atoms with Crippen molar-refractivity contribution >= 4 is 34.5 Å². The molecule has 0 saturated carbocycles. The van der Waals surface area contributed by atoms with Gasteiger partial charge < -0.3 is 14.8 Å². The molecule has 0 aromatic heterocycles. The Labute approximate surface area is 169 Å². The predicted octanol–water partition coefficient (Wildman–Crippen LogP) is 4.89. The van der Waals surface area contributed by atoms with Gasteiger partial charge in [0.15, 0.2) is 22.4 Å². The lowest BCUT2D eigenvalue weighted by Gasteiger charge is -2.07. The van der Waals surface area contributed by atoms with Crippen LogP contribution in [0.4, 0.5) is 5.69 Å². The van der Waals surface area contributed by atoms with Crippen molar-refractivity contribution in [3.63, 3.8) is 0 Å². The summed E-state index contributed by atoms with van der Waals surface area (Å²) in [5.41, 5.74) is 2.43. The second-order valence-corrected chi connectivity index (χ2v) is 7.33. The Kier molecular flexibility index (Phi) is 6.76. The van der Waals surface area contributed by atoms with E-state index in [2.05, 4.69) is 17.2 Å². The maximum atomic E-state index is 12.4. The summed E-state index contributed by atoms with van der Waals surface area (Å²) in [6.07, 6.45) is 4.38. The van der Waals surface area contributed by atoms with Gasteiger partial charge in [-0.15, -0.1) is 0 Å². The lowest BCUT2D eigenvalue weighted by atomic mass is 10.1. The van der Waals surface area contributed by atoms with Gasteiger partial charge in [0.2, 0.25) is 0 Å². The van der Waals surface area contributed by atoms with Crippen LogP contribution in [0.5, 0.6) is 11.5 Å². The summed E-state index contributed by atoms with van der Waals surface area (Å²) in [6.45, 7) is 2.15. The number of carbonyl (C=O) groups is 1. The highest BCUT2D eigenvalue weighted by molar-refractivity contribution is 8.14. The summed E-state index contributed by atoms with van der Waals surface area (Å²) < 4.78 is 10.5. The Balaban J connectivity index is 1.64. The first-order valence-corrected chi connectivity index (χ1v) is 10.1. The standard InChI is InChI=1S/C22H24N2O3S/c1-4-17-14-28-22(23-17)24-18-9-7-16(8-10-18)19(25)11-5-15-6-12-20(26-2)21(13-15)27-3/h5-13,17H,4,14H2,1-3H3,(H,23,24). The molecule has 0 amide bonds. The molecule has 1 heterocycles. The number of anilines is 1. The molecule has 3 rings (SSSR count). The van der Waals surface area contributed by atoms with E-state index in [4.69, 9.17) is 9.47 Å². The van der Waals surface area contributed by atoms with Gasteiger partial charge in [0, 0.05) is 17.0 Å². The van der Waals surface area contributed by atoms with Crippen LogP contribution in [0.3, 0.4) is 0 Å². The first-order chi connectivity index (χ1) is 13.6. The van der Waals surface area contributed by atoms with Crippen molar-refractivity contribution in [2.75, 3.05) is 25.3 Å². The quantitative estimate of drug-likeness (QED) is 0.533. The van der Waals surface area contributed by atoms with Gasteiger partial charge in [0.05, 0.1) is 20.3 Å². The Bertz CT molecular complexity index is 891. The molecule has 5 nitrogen and oxygen atoms in total. The average molecular weight is 397 g/mol. The highest BCUT2D eigenvalue weighted by atomic mass is 32.2. The zero-order valence-corrected chi connectivity index (χ0v) is 17.1. The molecule has 1 unspecified atom stereocenters. The molecular formula is C22H24N2O3S. The van der Waals surface area contributed by atoms with E-state index in [0.29, 0.717) is 23.1 Å². The molecule has 146 valence electrons. The molecule has 0 radical (unpaired) electrons. The molecule has 1 aliphatic rings. The summed E-state index contributed by atoms with van der Waals surface area (Å²) in [5.74, 6) is 2.26. The van der Waals surface area contributed by atoms with E-state index in [-0.39, 0.29) is 5.78 Å². The van der Waals surface area contributed by atoms with E-state index >= 15 is 0 Å². The van der Waals surface area contributed by atoms with Crippen LogP contribution in [0.15, 0.2) is 53.5 Å². The molecular weight excluding hydrogens is 372 g/mol. The Morgan fingerprint density at radius 3 is 2.57 bits per heavy atom. The number of nitrogens with one attached hydrogen (secondary N) is 1. The van der Waals surface area contributed by atoms with Crippen LogP contribution < -0.4 is 14.8 Å². The summed E-state index contributed by atoms with van der Waals surface area (Å²) in [7, 11) is 3.18. The SMILES string of the molecule is CCC1CSC(Nc2ccc(C(=O)C=Cc3ccc(OC)c(OC)c3)cc2)=N1. The van der Waals surface area contributed by atoms with Gasteiger partial charge in [0.1, 0.15) is 0 Å². The number of amidine groups is 1. The van der Waals surface area contributed by atoms with Crippen molar-refractivity contribution in [1.29, 1.82) is 0 Å². The second-order valence-electron chi connectivity index (χ2n) is 6.32. The first kappa shape index (κ1) is 20.0. The molecule has 0 spiro atoms. The number of allylic oxidation sites excluding steroid dienone is 1. The molecule has 1 aliphatic heterocycles. The number of thioether (sulfide) groups is 1. The van der Waals surface area contributed by atoms with E-state index in [9.17, 15) is 4.79 Å². The van der Waals surface area contributed by atoms with Crippen LogP contribution in [0, 0.1) is 0 Å². The number of aliphatic imine (C=N–C) groups is 1. The van der Waals surface area contributed by atoms with Gasteiger partial charge in [-0.1, -0.05) is 30.8 Å². The Morgan fingerprint density at radius 1 is 1.18 bits per heavy atom. The van der Waals surface area contributed by atoms with Crippen molar-refractivity contribution < 1.29 is 14.3 Å². The zero-order valence-electron chi connectivity index (χ0n) is 16.3. The molecule has 2 aromatic rings. The lowest BCUT2D eigenvalue weighted by Crippen LogP contribution is -2.05. The van der Waals surface area contributed by atoms with Crippen LogP contribution in [0.1, 0.15) is 29.3 Å². The van der Waals surface area contributed by atoms with Crippen molar-refractivity contribution in [3.05, 3.63) is 59.7 Å². The molecule has 0 fully saturated rings. The van der Waals surface area contributed by atoms with Crippen molar-refractivity contribution in [2.24, 2.45) is 4.99 Å². The van der Waals surface area contributed by atoms with Crippen LogP contribution in [-0.4, -0.2) is 37.0 Å². The van der Waals surface area contributed by atoms with E-state index in [1.165, 1.54) is 0 Å². The van der Waals surface area contributed by atoms with E-state index < -0.39 is 0 Å². The number of ether oxygens (including phenoxy) is 2. The minimum absolute atomic E-state index is 0.0556. The molecule has 0 aliphatic carbocycles. The third kappa shape index (κ3) is 4.95. The summed E-state index contributed by atoms with van der Waals surface area (Å²) in [5, 5.41) is 4.25. The van der Waals surface area contributed by atoms with E-state index in [0.717, 1.165) is 28.6 Å². The number of nitrogens with zero attached hydrogens (tertiary/aromatic N) is 1. The van der Waals surface area contributed by atoms with Crippen LogP contribution in [0.25, 0.3) is 6.08 Å². The van der Waals surface area contributed by atoms with Crippen molar-refractivity contribution in [3.8, 4) is 11.5 Å². The average Bonchev–Trinajstić information content (AvgIpc) is 3.19. The fourth-order valence-corrected chi connectivity index (χ4v) is 3.83. The molecule has 28 heavy (non-hydrogen) atoms. The molecule has 2 aromatic carbocycles. The van der Waals surface area contributed by atoms with Crippen LogP contribution in [-0.2, 0) is 0 Å². The molecule has 6 heteroatoms. The number of ketones is 1. The highest BCUT2D eigenvalue weighted by Crippen LogP contribution is 2.28. The third-order valence-corrected chi connectivity index (χ3v) is 5.47. The van der Waals surface area contributed by atoms with Gasteiger partial charge in [-0.05, 0) is 54.5 Å². The van der Waals surface area contributed by atoms with Crippen LogP contribution in [0.2, 0.25) is 0 Å². The summed E-state index contributed by atoms with van der Waals surface area (Å²) in [4.78, 5) is 17.1.